The Morgan fingerprint density at radius 3 is 2.91 bits per heavy atom. The molecule has 11 heavy (non-hydrogen) atoms. The fourth-order valence-corrected chi connectivity index (χ4v) is 0.771. The quantitative estimate of drug-likeness (QED) is 0.528. The summed E-state index contributed by atoms with van der Waals surface area (Å²) in [4.78, 5) is 12.5. The largest absolute Gasteiger partial charge is 0.493 e. The molecule has 0 atom stereocenters. The van der Waals surface area contributed by atoms with Crippen molar-refractivity contribution in [1.29, 1.82) is 0 Å². The van der Waals surface area contributed by atoms with Crippen LogP contribution in [0.3, 0.4) is 0 Å². The summed E-state index contributed by atoms with van der Waals surface area (Å²) in [5.74, 6) is -0.439. The number of hydrogen-bond acceptors (Lipinski definition) is 3. The Morgan fingerprint density at radius 2 is 2.27 bits per heavy atom. The number of hydrogen-bond donors (Lipinski definition) is 2. The Hall–Kier alpha value is -1.45. The van der Waals surface area contributed by atoms with Gasteiger partial charge in [0.1, 0.15) is 0 Å². The third-order valence-corrected chi connectivity index (χ3v) is 1.46. The summed E-state index contributed by atoms with van der Waals surface area (Å²) in [5.41, 5.74) is 0.784. The fraction of sp³-hybridized carbons (Fsp3) is 0.286. The Kier molecular flexibility index (Phi) is 1.85. The second kappa shape index (κ2) is 2.65. The van der Waals surface area contributed by atoms with Crippen molar-refractivity contribution in [3.8, 4) is 0 Å². The van der Waals surface area contributed by atoms with Gasteiger partial charge in [0.25, 0.3) is 5.91 Å². The maximum atomic E-state index is 10.8. The van der Waals surface area contributed by atoms with Crippen molar-refractivity contribution in [1.82, 2.24) is 10.2 Å². The standard InChI is InChI=1S/C7H10N2O2/c1-5-3-6(10)8-7(11)4-9(5)2/h3-4,11H,1-2H3,(H,8,10). The summed E-state index contributed by atoms with van der Waals surface area (Å²) in [6, 6.07) is 0. The monoisotopic (exact) mass is 154 g/mol. The van der Waals surface area contributed by atoms with Crippen molar-refractivity contribution in [3.63, 3.8) is 0 Å². The maximum absolute atomic E-state index is 10.8. The first-order chi connectivity index (χ1) is 5.09. The number of nitrogens with one attached hydrogen (secondary N) is 1. The molecule has 0 radical (unpaired) electrons. The third-order valence-electron chi connectivity index (χ3n) is 1.46. The first-order valence-corrected chi connectivity index (χ1v) is 3.22. The molecule has 0 fully saturated rings. The summed E-state index contributed by atoms with van der Waals surface area (Å²) in [5, 5.41) is 11.3. The van der Waals surface area contributed by atoms with Crippen LogP contribution in [0, 0.1) is 0 Å². The van der Waals surface area contributed by atoms with E-state index in [1.807, 2.05) is 0 Å². The molecule has 0 aliphatic carbocycles. The van der Waals surface area contributed by atoms with Crippen LogP contribution in [-0.2, 0) is 4.79 Å². The van der Waals surface area contributed by atoms with Gasteiger partial charge in [0.2, 0.25) is 5.88 Å². The molecule has 1 aliphatic heterocycles. The molecule has 1 amide bonds. The van der Waals surface area contributed by atoms with Crippen LogP contribution in [0.4, 0.5) is 0 Å². The van der Waals surface area contributed by atoms with Crippen LogP contribution in [0.15, 0.2) is 23.9 Å². The SMILES string of the molecule is CC1=CC(=O)NC(O)=CN1C. The van der Waals surface area contributed by atoms with E-state index >= 15 is 0 Å². The van der Waals surface area contributed by atoms with E-state index in [1.165, 1.54) is 12.3 Å². The van der Waals surface area contributed by atoms with Gasteiger partial charge in [0, 0.05) is 18.8 Å². The van der Waals surface area contributed by atoms with Crippen LogP contribution in [0.2, 0.25) is 0 Å². The van der Waals surface area contributed by atoms with Gasteiger partial charge < -0.3 is 10.0 Å². The van der Waals surface area contributed by atoms with E-state index in [0.717, 1.165) is 5.70 Å². The number of rotatable bonds is 0. The molecule has 2 N–H and O–H groups in total. The Morgan fingerprint density at radius 1 is 1.64 bits per heavy atom. The number of aliphatic hydroxyl groups is 1. The molecule has 0 unspecified atom stereocenters. The summed E-state index contributed by atoms with van der Waals surface area (Å²) in [7, 11) is 1.75. The van der Waals surface area contributed by atoms with Crippen LogP contribution >= 0.6 is 0 Å². The number of aliphatic hydroxyl groups excluding tert-OH is 1. The average Bonchev–Trinajstić information content (AvgIpc) is 1.93. The lowest BCUT2D eigenvalue weighted by atomic mass is 10.4. The van der Waals surface area contributed by atoms with E-state index in [4.69, 9.17) is 5.11 Å². The van der Waals surface area contributed by atoms with Crippen molar-refractivity contribution in [2.45, 2.75) is 6.92 Å². The molecule has 4 nitrogen and oxygen atoms in total. The number of carbonyl (C=O) groups is 1. The molecule has 60 valence electrons. The molecule has 0 saturated carbocycles. The van der Waals surface area contributed by atoms with Gasteiger partial charge in [-0.1, -0.05) is 0 Å². The van der Waals surface area contributed by atoms with Crippen LogP contribution < -0.4 is 5.32 Å². The second-order valence-electron chi connectivity index (χ2n) is 2.40. The van der Waals surface area contributed by atoms with Gasteiger partial charge in [-0.25, -0.2) is 0 Å². The van der Waals surface area contributed by atoms with Gasteiger partial charge in [-0.2, -0.15) is 0 Å². The Balaban J connectivity index is 2.93. The summed E-state index contributed by atoms with van der Waals surface area (Å²) >= 11 is 0. The van der Waals surface area contributed by atoms with E-state index in [9.17, 15) is 4.79 Å². The van der Waals surface area contributed by atoms with E-state index in [1.54, 1.807) is 18.9 Å². The van der Waals surface area contributed by atoms with Gasteiger partial charge in [0.05, 0.1) is 6.20 Å². The minimum absolute atomic E-state index is 0.134. The summed E-state index contributed by atoms with van der Waals surface area (Å²) in [6.45, 7) is 1.79. The van der Waals surface area contributed by atoms with Crippen LogP contribution in [-0.4, -0.2) is 23.0 Å². The van der Waals surface area contributed by atoms with Crippen molar-refractivity contribution in [3.05, 3.63) is 23.9 Å². The smallest absolute Gasteiger partial charge is 0.252 e. The number of carbonyl (C=O) groups excluding carboxylic acids is 1. The van der Waals surface area contributed by atoms with Crippen molar-refractivity contribution < 1.29 is 9.90 Å². The van der Waals surface area contributed by atoms with Gasteiger partial charge in [-0.3, -0.25) is 10.1 Å². The molecule has 0 bridgehead atoms. The molecule has 0 aromatic heterocycles. The highest BCUT2D eigenvalue weighted by atomic mass is 16.3. The molecular formula is C7H10N2O2. The van der Waals surface area contributed by atoms with E-state index in [2.05, 4.69) is 5.32 Å². The third kappa shape index (κ3) is 1.73. The molecule has 0 aromatic carbocycles. The van der Waals surface area contributed by atoms with E-state index in [0.29, 0.717) is 0 Å². The lowest BCUT2D eigenvalue weighted by Crippen LogP contribution is -2.19. The topological polar surface area (TPSA) is 52.6 Å². The zero-order valence-electron chi connectivity index (χ0n) is 6.46. The van der Waals surface area contributed by atoms with Crippen LogP contribution in [0.1, 0.15) is 6.92 Å². The molecule has 1 heterocycles. The molecular weight excluding hydrogens is 144 g/mol. The minimum atomic E-state index is -0.305. The van der Waals surface area contributed by atoms with Gasteiger partial charge in [-0.15, -0.1) is 0 Å². The Bertz CT molecular complexity index is 243. The average molecular weight is 154 g/mol. The summed E-state index contributed by atoms with van der Waals surface area (Å²) < 4.78 is 0. The van der Waals surface area contributed by atoms with E-state index < -0.39 is 0 Å². The first kappa shape index (κ1) is 7.65. The molecule has 0 aromatic rings. The molecule has 0 saturated heterocycles. The van der Waals surface area contributed by atoms with Crippen LogP contribution in [0.5, 0.6) is 0 Å². The van der Waals surface area contributed by atoms with E-state index in [-0.39, 0.29) is 11.8 Å². The lowest BCUT2D eigenvalue weighted by molar-refractivity contribution is -0.116. The molecule has 4 heteroatoms. The second-order valence-corrected chi connectivity index (χ2v) is 2.40. The van der Waals surface area contributed by atoms with Gasteiger partial charge >= 0.3 is 0 Å². The zero-order valence-corrected chi connectivity index (χ0v) is 6.46. The molecule has 0 spiro atoms. The molecule has 1 aliphatic rings. The number of amides is 1. The predicted molar refractivity (Wildman–Crippen MR) is 40.4 cm³/mol. The predicted octanol–water partition coefficient (Wildman–Crippen LogP) is 0.309. The van der Waals surface area contributed by atoms with Crippen LogP contribution in [0.25, 0.3) is 0 Å². The Labute approximate surface area is 64.8 Å². The maximum Gasteiger partial charge on any atom is 0.252 e. The number of allylic oxidation sites excluding steroid dienone is 1. The minimum Gasteiger partial charge on any atom is -0.493 e. The zero-order chi connectivity index (χ0) is 8.43. The lowest BCUT2D eigenvalue weighted by Gasteiger charge is -2.11. The van der Waals surface area contributed by atoms with Crippen molar-refractivity contribution in [2.24, 2.45) is 0 Å². The van der Waals surface area contributed by atoms with Gasteiger partial charge in [0.15, 0.2) is 0 Å². The summed E-state index contributed by atoms with van der Waals surface area (Å²) in [6.07, 6.45) is 2.86. The normalized spacial score (nSPS) is 18.4. The first-order valence-electron chi connectivity index (χ1n) is 3.22. The van der Waals surface area contributed by atoms with Crippen molar-refractivity contribution in [2.75, 3.05) is 7.05 Å². The van der Waals surface area contributed by atoms with Crippen molar-refractivity contribution >= 4 is 5.91 Å². The highest BCUT2D eigenvalue weighted by Crippen LogP contribution is 2.04. The fourth-order valence-electron chi connectivity index (χ4n) is 0.771. The highest BCUT2D eigenvalue weighted by molar-refractivity contribution is 5.89. The van der Waals surface area contributed by atoms with Gasteiger partial charge in [-0.05, 0) is 6.92 Å². The number of nitrogens with zero attached hydrogens (tertiary/aromatic N) is 1. The molecule has 1 rings (SSSR count). The highest BCUT2D eigenvalue weighted by Gasteiger charge is 2.08.